The SMILES string of the molecule is CC1NC(I)NC1=O. The third kappa shape index (κ3) is 1.11. The van der Waals surface area contributed by atoms with Crippen molar-refractivity contribution in [2.75, 3.05) is 0 Å². The standard InChI is InChI=1S/C4H7IN2O/c1-2-3(8)7-4(5)6-2/h2,4,6H,1H3,(H,7,8). The van der Waals surface area contributed by atoms with Gasteiger partial charge in [-0.1, -0.05) is 0 Å². The molecule has 1 fully saturated rings. The molecule has 1 saturated heterocycles. The fourth-order valence-corrected chi connectivity index (χ4v) is 1.43. The van der Waals surface area contributed by atoms with Crippen LogP contribution in [0.3, 0.4) is 0 Å². The van der Waals surface area contributed by atoms with Crippen LogP contribution in [0, 0.1) is 0 Å². The third-order valence-corrected chi connectivity index (χ3v) is 1.73. The zero-order chi connectivity index (χ0) is 6.15. The highest BCUT2D eigenvalue weighted by molar-refractivity contribution is 14.1. The summed E-state index contributed by atoms with van der Waals surface area (Å²) in [5.74, 6) is 0.0874. The first kappa shape index (κ1) is 6.28. The molecule has 0 aliphatic carbocycles. The highest BCUT2D eigenvalue weighted by Gasteiger charge is 2.24. The van der Waals surface area contributed by atoms with E-state index >= 15 is 0 Å². The van der Waals surface area contributed by atoms with E-state index in [1.165, 1.54) is 0 Å². The Balaban J connectivity index is 2.51. The average Bonchev–Trinajstić information content (AvgIpc) is 1.85. The van der Waals surface area contributed by atoms with Crippen molar-refractivity contribution >= 4 is 28.5 Å². The van der Waals surface area contributed by atoms with Crippen LogP contribution in [0.4, 0.5) is 0 Å². The van der Waals surface area contributed by atoms with Crippen molar-refractivity contribution < 1.29 is 4.79 Å². The van der Waals surface area contributed by atoms with Gasteiger partial charge in [0.25, 0.3) is 0 Å². The molecule has 0 aromatic heterocycles. The fourth-order valence-electron chi connectivity index (χ4n) is 0.587. The van der Waals surface area contributed by atoms with E-state index in [0.29, 0.717) is 0 Å². The van der Waals surface area contributed by atoms with Gasteiger partial charge in [0.1, 0.15) is 4.17 Å². The van der Waals surface area contributed by atoms with Crippen LogP contribution in [-0.4, -0.2) is 16.1 Å². The Morgan fingerprint density at radius 1 is 1.75 bits per heavy atom. The van der Waals surface area contributed by atoms with Crippen LogP contribution in [-0.2, 0) is 4.79 Å². The lowest BCUT2D eigenvalue weighted by molar-refractivity contribution is -0.120. The first-order valence-corrected chi connectivity index (χ1v) is 3.65. The average molecular weight is 226 g/mol. The molecule has 1 rings (SSSR count). The Labute approximate surface area is 61.4 Å². The summed E-state index contributed by atoms with van der Waals surface area (Å²) in [6.07, 6.45) is 0. The number of halogens is 1. The van der Waals surface area contributed by atoms with Crippen molar-refractivity contribution in [3.8, 4) is 0 Å². The van der Waals surface area contributed by atoms with E-state index in [0.717, 1.165) is 0 Å². The predicted octanol–water partition coefficient (Wildman–Crippen LogP) is -0.187. The monoisotopic (exact) mass is 226 g/mol. The van der Waals surface area contributed by atoms with E-state index < -0.39 is 0 Å². The van der Waals surface area contributed by atoms with Crippen LogP contribution in [0.15, 0.2) is 0 Å². The maximum atomic E-state index is 10.6. The van der Waals surface area contributed by atoms with Gasteiger partial charge >= 0.3 is 0 Å². The Hall–Kier alpha value is 0.160. The normalized spacial score (nSPS) is 37.5. The molecule has 0 bridgehead atoms. The Morgan fingerprint density at radius 3 is 2.50 bits per heavy atom. The maximum Gasteiger partial charge on any atom is 0.238 e. The number of hydrogen-bond acceptors (Lipinski definition) is 2. The molecular weight excluding hydrogens is 219 g/mol. The number of hydrogen-bond donors (Lipinski definition) is 2. The zero-order valence-corrected chi connectivity index (χ0v) is 6.60. The summed E-state index contributed by atoms with van der Waals surface area (Å²) in [5.41, 5.74) is 0. The van der Waals surface area contributed by atoms with Crippen LogP contribution >= 0.6 is 22.6 Å². The summed E-state index contributed by atoms with van der Waals surface area (Å²) in [6, 6.07) is -0.0168. The van der Waals surface area contributed by atoms with Crippen molar-refractivity contribution in [2.45, 2.75) is 17.1 Å². The molecule has 3 nitrogen and oxygen atoms in total. The maximum absolute atomic E-state index is 10.6. The summed E-state index contributed by atoms with van der Waals surface area (Å²) >= 11 is 2.12. The van der Waals surface area contributed by atoms with Crippen molar-refractivity contribution in [1.82, 2.24) is 10.6 Å². The Kier molecular flexibility index (Phi) is 1.71. The van der Waals surface area contributed by atoms with Gasteiger partial charge < -0.3 is 5.32 Å². The van der Waals surface area contributed by atoms with E-state index in [2.05, 4.69) is 33.2 Å². The van der Waals surface area contributed by atoms with Gasteiger partial charge in [-0.2, -0.15) is 0 Å². The zero-order valence-electron chi connectivity index (χ0n) is 4.44. The molecule has 0 spiro atoms. The highest BCUT2D eigenvalue weighted by atomic mass is 127. The molecule has 0 aromatic carbocycles. The Morgan fingerprint density at radius 2 is 2.38 bits per heavy atom. The summed E-state index contributed by atoms with van der Waals surface area (Å²) in [7, 11) is 0. The van der Waals surface area contributed by atoms with Crippen LogP contribution < -0.4 is 10.6 Å². The lowest BCUT2D eigenvalue weighted by Crippen LogP contribution is -2.25. The van der Waals surface area contributed by atoms with Crippen molar-refractivity contribution in [3.63, 3.8) is 0 Å². The number of nitrogens with one attached hydrogen (secondary N) is 2. The van der Waals surface area contributed by atoms with E-state index in [4.69, 9.17) is 0 Å². The van der Waals surface area contributed by atoms with Crippen LogP contribution in [0.2, 0.25) is 0 Å². The summed E-state index contributed by atoms with van der Waals surface area (Å²) < 4.78 is 0.120. The number of rotatable bonds is 0. The van der Waals surface area contributed by atoms with E-state index in [1.807, 2.05) is 6.92 Å². The van der Waals surface area contributed by atoms with Gasteiger partial charge in [0, 0.05) is 0 Å². The van der Waals surface area contributed by atoms with E-state index in [1.54, 1.807) is 0 Å². The quantitative estimate of drug-likeness (QED) is 0.341. The van der Waals surface area contributed by atoms with Gasteiger partial charge in [0.2, 0.25) is 5.91 Å². The summed E-state index contributed by atoms with van der Waals surface area (Å²) in [4.78, 5) is 10.6. The first-order chi connectivity index (χ1) is 3.70. The van der Waals surface area contributed by atoms with Gasteiger partial charge in [0.15, 0.2) is 0 Å². The lowest BCUT2D eigenvalue weighted by atomic mass is 10.4. The largest absolute Gasteiger partial charge is 0.331 e. The van der Waals surface area contributed by atoms with Crippen LogP contribution in [0.1, 0.15) is 6.92 Å². The smallest absolute Gasteiger partial charge is 0.238 e. The molecule has 0 saturated carbocycles. The number of carbonyl (C=O) groups is 1. The van der Waals surface area contributed by atoms with Crippen LogP contribution in [0.5, 0.6) is 0 Å². The molecular formula is C4H7IN2O. The second-order valence-corrected chi connectivity index (χ2v) is 3.01. The molecule has 1 heterocycles. The molecule has 2 atom stereocenters. The molecule has 0 aromatic rings. The number of alkyl halides is 1. The second kappa shape index (κ2) is 2.18. The topological polar surface area (TPSA) is 41.1 Å². The van der Waals surface area contributed by atoms with Crippen LogP contribution in [0.25, 0.3) is 0 Å². The molecule has 0 radical (unpaired) electrons. The minimum absolute atomic E-state index is 0.0168. The molecule has 8 heavy (non-hydrogen) atoms. The number of amides is 1. The minimum atomic E-state index is -0.0168. The molecule has 2 N–H and O–H groups in total. The van der Waals surface area contributed by atoms with Crippen molar-refractivity contribution in [1.29, 1.82) is 0 Å². The number of carbonyl (C=O) groups excluding carboxylic acids is 1. The first-order valence-electron chi connectivity index (χ1n) is 2.40. The third-order valence-electron chi connectivity index (χ3n) is 1.06. The molecule has 1 aliphatic rings. The summed E-state index contributed by atoms with van der Waals surface area (Å²) in [5, 5.41) is 5.70. The molecule has 4 heteroatoms. The highest BCUT2D eigenvalue weighted by Crippen LogP contribution is 2.01. The van der Waals surface area contributed by atoms with Gasteiger partial charge in [-0.25, -0.2) is 0 Å². The van der Waals surface area contributed by atoms with Crippen molar-refractivity contribution in [2.24, 2.45) is 0 Å². The lowest BCUT2D eigenvalue weighted by Gasteiger charge is -1.96. The van der Waals surface area contributed by atoms with E-state index in [-0.39, 0.29) is 16.1 Å². The van der Waals surface area contributed by atoms with Gasteiger partial charge in [-0.15, -0.1) is 0 Å². The molecule has 46 valence electrons. The fraction of sp³-hybridized carbons (Fsp3) is 0.750. The van der Waals surface area contributed by atoms with E-state index in [9.17, 15) is 4.79 Å². The van der Waals surface area contributed by atoms with Gasteiger partial charge in [-0.3, -0.25) is 10.1 Å². The van der Waals surface area contributed by atoms with Gasteiger partial charge in [0.05, 0.1) is 6.04 Å². The van der Waals surface area contributed by atoms with Gasteiger partial charge in [-0.05, 0) is 29.5 Å². The molecule has 1 aliphatic heterocycles. The van der Waals surface area contributed by atoms with Crippen molar-refractivity contribution in [3.05, 3.63) is 0 Å². The second-order valence-electron chi connectivity index (χ2n) is 1.76. The molecule has 2 unspecified atom stereocenters. The predicted molar refractivity (Wildman–Crippen MR) is 38.5 cm³/mol. The minimum Gasteiger partial charge on any atom is -0.331 e. The Bertz CT molecular complexity index is 117. The molecule has 1 amide bonds. The summed E-state index contributed by atoms with van der Waals surface area (Å²) in [6.45, 7) is 1.84.